The summed E-state index contributed by atoms with van der Waals surface area (Å²) in [5.74, 6) is -0.785. The average molecular weight is 323 g/mol. The van der Waals surface area contributed by atoms with Crippen LogP contribution in [0.1, 0.15) is 0 Å². The monoisotopic (exact) mass is 322 g/mol. The Labute approximate surface area is 131 Å². The number of nitrogens with one attached hydrogen (secondary N) is 2. The van der Waals surface area contributed by atoms with Crippen LogP contribution in [0.15, 0.2) is 53.6 Å². The molecule has 5 nitrogen and oxygen atoms in total. The molecule has 4 N–H and O–H groups in total. The molecule has 0 unspecified atom stereocenters. The highest BCUT2D eigenvalue weighted by Crippen LogP contribution is 2.20. The lowest BCUT2D eigenvalue weighted by Gasteiger charge is -2.07. The van der Waals surface area contributed by atoms with Crippen molar-refractivity contribution in [3.63, 3.8) is 0 Å². The Morgan fingerprint density at radius 1 is 1.10 bits per heavy atom. The largest absolute Gasteiger partial charge is 0.378 e. The molecule has 0 aliphatic carbocycles. The molecule has 2 aromatic carbocycles. The van der Waals surface area contributed by atoms with Crippen molar-refractivity contribution in [3.05, 3.63) is 58.6 Å². The van der Waals surface area contributed by atoms with Crippen molar-refractivity contribution in [1.29, 1.82) is 0 Å². The van der Waals surface area contributed by atoms with Gasteiger partial charge in [-0.15, -0.1) is 0 Å². The van der Waals surface area contributed by atoms with Gasteiger partial charge in [-0.2, -0.15) is 5.10 Å². The standard InChI is InChI=1S/C14H12Cl2N4O/c15-9-4-3-5-10(8-9)19-20-13(17)14(21)18-12-7-2-1-6-11(12)16/h1-8,19H,(H2,17,20)(H,18,21). The Bertz CT molecular complexity index is 688. The van der Waals surface area contributed by atoms with Gasteiger partial charge in [-0.25, -0.2) is 0 Å². The number of carbonyl (C=O) groups is 1. The van der Waals surface area contributed by atoms with Crippen LogP contribution in [-0.2, 0) is 4.79 Å². The number of carbonyl (C=O) groups excluding carboxylic acids is 1. The van der Waals surface area contributed by atoms with Gasteiger partial charge in [0.1, 0.15) is 0 Å². The summed E-state index contributed by atoms with van der Waals surface area (Å²) < 4.78 is 0. The predicted octanol–water partition coefficient (Wildman–Crippen LogP) is 3.32. The van der Waals surface area contributed by atoms with Crippen LogP contribution in [0, 0.1) is 0 Å². The van der Waals surface area contributed by atoms with Gasteiger partial charge in [0.05, 0.1) is 16.4 Å². The molecule has 0 saturated heterocycles. The van der Waals surface area contributed by atoms with Gasteiger partial charge in [0.25, 0.3) is 5.91 Å². The second-order valence-corrected chi connectivity index (χ2v) is 4.90. The summed E-state index contributed by atoms with van der Waals surface area (Å²) in [6.45, 7) is 0. The van der Waals surface area contributed by atoms with Crippen LogP contribution in [0.2, 0.25) is 10.0 Å². The summed E-state index contributed by atoms with van der Waals surface area (Å²) >= 11 is 11.8. The van der Waals surface area contributed by atoms with Crippen LogP contribution in [0.4, 0.5) is 11.4 Å². The third-order valence-electron chi connectivity index (χ3n) is 2.48. The number of nitrogens with two attached hydrogens (primary N) is 1. The van der Waals surface area contributed by atoms with Crippen molar-refractivity contribution in [1.82, 2.24) is 0 Å². The third-order valence-corrected chi connectivity index (χ3v) is 3.05. The summed E-state index contributed by atoms with van der Waals surface area (Å²) in [5.41, 5.74) is 9.34. The minimum absolute atomic E-state index is 0.227. The fourth-order valence-electron chi connectivity index (χ4n) is 1.48. The summed E-state index contributed by atoms with van der Waals surface area (Å²) in [6, 6.07) is 13.7. The number of anilines is 2. The maximum Gasteiger partial charge on any atom is 0.292 e. The van der Waals surface area contributed by atoms with E-state index in [1.807, 2.05) is 0 Å². The van der Waals surface area contributed by atoms with Crippen LogP contribution in [0.3, 0.4) is 0 Å². The number of halogens is 2. The highest BCUT2D eigenvalue weighted by atomic mass is 35.5. The van der Waals surface area contributed by atoms with Crippen LogP contribution in [0.25, 0.3) is 0 Å². The summed E-state index contributed by atoms with van der Waals surface area (Å²) in [6.07, 6.45) is 0. The molecule has 2 rings (SSSR count). The Hall–Kier alpha value is -2.24. The van der Waals surface area contributed by atoms with Gasteiger partial charge in [0.2, 0.25) is 5.84 Å². The van der Waals surface area contributed by atoms with E-state index in [2.05, 4.69) is 15.8 Å². The molecule has 0 fully saturated rings. The van der Waals surface area contributed by atoms with Gasteiger partial charge < -0.3 is 11.1 Å². The third kappa shape index (κ3) is 4.37. The van der Waals surface area contributed by atoms with Crippen molar-refractivity contribution in [3.8, 4) is 0 Å². The van der Waals surface area contributed by atoms with Crippen molar-refractivity contribution in [2.24, 2.45) is 10.8 Å². The molecule has 2 aromatic rings. The van der Waals surface area contributed by atoms with Crippen molar-refractivity contribution in [2.45, 2.75) is 0 Å². The Kier molecular flexibility index (Phi) is 5.03. The van der Waals surface area contributed by atoms with Gasteiger partial charge in [0.15, 0.2) is 0 Å². The van der Waals surface area contributed by atoms with E-state index in [0.29, 0.717) is 21.4 Å². The van der Waals surface area contributed by atoms with E-state index in [0.717, 1.165) is 0 Å². The molecule has 0 aliphatic heterocycles. The van der Waals surface area contributed by atoms with E-state index in [1.54, 1.807) is 48.5 Å². The smallest absolute Gasteiger partial charge is 0.292 e. The number of rotatable bonds is 3. The van der Waals surface area contributed by atoms with Gasteiger partial charge in [0, 0.05) is 5.02 Å². The number of amides is 1. The molecule has 0 saturated carbocycles. The lowest BCUT2D eigenvalue weighted by Crippen LogP contribution is -2.31. The van der Waals surface area contributed by atoms with E-state index < -0.39 is 5.91 Å². The molecule has 1 amide bonds. The van der Waals surface area contributed by atoms with Crippen molar-refractivity contribution < 1.29 is 4.79 Å². The zero-order valence-corrected chi connectivity index (χ0v) is 12.3. The average Bonchev–Trinajstić information content (AvgIpc) is 2.47. The second kappa shape index (κ2) is 6.97. The second-order valence-electron chi connectivity index (χ2n) is 4.05. The molecule has 0 spiro atoms. The molecule has 0 bridgehead atoms. The lowest BCUT2D eigenvalue weighted by molar-refractivity contribution is -0.110. The molecule has 7 heteroatoms. The van der Waals surface area contributed by atoms with E-state index in [4.69, 9.17) is 28.9 Å². The van der Waals surface area contributed by atoms with Gasteiger partial charge >= 0.3 is 0 Å². The van der Waals surface area contributed by atoms with E-state index in [9.17, 15) is 4.79 Å². The molecule has 0 atom stereocenters. The highest BCUT2D eigenvalue weighted by molar-refractivity contribution is 6.43. The number of amidine groups is 1. The molecule has 0 radical (unpaired) electrons. The zero-order chi connectivity index (χ0) is 15.2. The zero-order valence-electron chi connectivity index (χ0n) is 10.8. The Morgan fingerprint density at radius 3 is 2.57 bits per heavy atom. The lowest BCUT2D eigenvalue weighted by atomic mass is 10.3. The number of hydrazone groups is 1. The topological polar surface area (TPSA) is 79.5 Å². The number of benzene rings is 2. The fraction of sp³-hybridized carbons (Fsp3) is 0. The summed E-state index contributed by atoms with van der Waals surface area (Å²) in [7, 11) is 0. The quantitative estimate of drug-likeness (QED) is 0.460. The Balaban J connectivity index is 2.02. The normalized spacial score (nSPS) is 11.0. The number of para-hydroxylation sites is 1. The van der Waals surface area contributed by atoms with Crippen molar-refractivity contribution >= 4 is 46.3 Å². The first kappa shape index (κ1) is 15.2. The molecule has 0 aliphatic rings. The maximum absolute atomic E-state index is 11.9. The number of hydrogen-bond donors (Lipinski definition) is 3. The van der Waals surface area contributed by atoms with Gasteiger partial charge in [-0.05, 0) is 30.3 Å². The molecule has 0 aromatic heterocycles. The summed E-state index contributed by atoms with van der Waals surface area (Å²) in [5, 5.41) is 7.33. The van der Waals surface area contributed by atoms with Crippen LogP contribution >= 0.6 is 23.2 Å². The van der Waals surface area contributed by atoms with Gasteiger partial charge in [-0.3, -0.25) is 10.2 Å². The van der Waals surface area contributed by atoms with Crippen LogP contribution in [-0.4, -0.2) is 11.7 Å². The molecule has 21 heavy (non-hydrogen) atoms. The van der Waals surface area contributed by atoms with E-state index in [-0.39, 0.29) is 5.84 Å². The molecular weight excluding hydrogens is 311 g/mol. The first-order valence-corrected chi connectivity index (χ1v) is 6.72. The van der Waals surface area contributed by atoms with Crippen LogP contribution < -0.4 is 16.5 Å². The first-order valence-electron chi connectivity index (χ1n) is 5.97. The van der Waals surface area contributed by atoms with E-state index in [1.165, 1.54) is 0 Å². The summed E-state index contributed by atoms with van der Waals surface area (Å²) in [4.78, 5) is 11.9. The molecule has 0 heterocycles. The minimum atomic E-state index is -0.558. The Morgan fingerprint density at radius 2 is 1.86 bits per heavy atom. The van der Waals surface area contributed by atoms with Gasteiger partial charge in [-0.1, -0.05) is 41.4 Å². The van der Waals surface area contributed by atoms with E-state index >= 15 is 0 Å². The SMILES string of the molecule is N/C(=N\Nc1cccc(Cl)c1)C(=O)Nc1ccccc1Cl. The highest BCUT2D eigenvalue weighted by Gasteiger charge is 2.09. The van der Waals surface area contributed by atoms with Crippen LogP contribution in [0.5, 0.6) is 0 Å². The van der Waals surface area contributed by atoms with Crippen molar-refractivity contribution in [2.75, 3.05) is 10.7 Å². The number of hydrogen-bond acceptors (Lipinski definition) is 3. The predicted molar refractivity (Wildman–Crippen MR) is 86.8 cm³/mol. The first-order chi connectivity index (χ1) is 10.1. The molecule has 108 valence electrons. The minimum Gasteiger partial charge on any atom is -0.378 e. The number of nitrogens with zero attached hydrogens (tertiary/aromatic N) is 1. The fourth-order valence-corrected chi connectivity index (χ4v) is 1.86. The maximum atomic E-state index is 11.9. The molecular formula is C14H12Cl2N4O.